The van der Waals surface area contributed by atoms with Gasteiger partial charge in [0, 0.05) is 31.9 Å². The van der Waals surface area contributed by atoms with Gasteiger partial charge in [0.1, 0.15) is 0 Å². The maximum absolute atomic E-state index is 4.77. The number of benzene rings is 1. The van der Waals surface area contributed by atoms with Gasteiger partial charge in [0.2, 0.25) is 0 Å². The predicted molar refractivity (Wildman–Crippen MR) is 113 cm³/mol. The van der Waals surface area contributed by atoms with Gasteiger partial charge in [-0.15, -0.1) is 0 Å². The summed E-state index contributed by atoms with van der Waals surface area (Å²) in [6, 6.07) is 10.6. The molecule has 2 aromatic rings. The van der Waals surface area contributed by atoms with Crippen LogP contribution in [-0.2, 0) is 19.6 Å². The Labute approximate surface area is 163 Å². The Hall–Kier alpha value is -2.34. The quantitative estimate of drug-likeness (QED) is 0.405. The molecule has 0 unspecified atom stereocenters. The Kier molecular flexibility index (Phi) is 8.33. The molecule has 0 radical (unpaired) electrons. The van der Waals surface area contributed by atoms with Crippen molar-refractivity contribution < 1.29 is 0 Å². The second-order valence-electron chi connectivity index (χ2n) is 7.13. The third kappa shape index (κ3) is 7.06. The van der Waals surface area contributed by atoms with E-state index >= 15 is 0 Å². The number of hydrogen-bond acceptors (Lipinski definition) is 3. The highest BCUT2D eigenvalue weighted by Crippen LogP contribution is 2.11. The van der Waals surface area contributed by atoms with Crippen molar-refractivity contribution in [1.29, 1.82) is 0 Å². The lowest BCUT2D eigenvalue weighted by Gasteiger charge is -2.14. The molecule has 0 aliphatic rings. The Balaban J connectivity index is 1.89. The van der Waals surface area contributed by atoms with E-state index in [1.54, 1.807) is 0 Å². The minimum absolute atomic E-state index is 0.677. The zero-order valence-electron chi connectivity index (χ0n) is 17.4. The number of hydrogen-bond donors (Lipinski definition) is 2. The van der Waals surface area contributed by atoms with Crippen molar-refractivity contribution in [3.63, 3.8) is 0 Å². The summed E-state index contributed by atoms with van der Waals surface area (Å²) in [5, 5.41) is 11.3. The maximum atomic E-state index is 4.77. The molecule has 1 aromatic heterocycles. The molecule has 0 fully saturated rings. The molecule has 2 N–H and O–H groups in total. The van der Waals surface area contributed by atoms with Crippen LogP contribution < -0.4 is 10.6 Å². The molecule has 2 rings (SSSR count). The number of aryl methyl sites for hydroxylation is 3. The standard InChI is InChI=1S/C21H34N6/c1-6-22-21(23-12-9-13-27-18(3)14-17(2)25-27)24-15-19-10-7-8-11-20(19)16-26(4)5/h7-8,10-11,14H,6,9,12-13,15-16H2,1-5H3,(H2,22,23,24). The van der Waals surface area contributed by atoms with Crippen LogP contribution in [0, 0.1) is 13.8 Å². The predicted octanol–water partition coefficient (Wildman–Crippen LogP) is 2.71. The van der Waals surface area contributed by atoms with E-state index in [2.05, 4.69) is 83.6 Å². The molecule has 0 saturated heterocycles. The molecule has 27 heavy (non-hydrogen) atoms. The van der Waals surface area contributed by atoms with E-state index in [4.69, 9.17) is 4.99 Å². The Morgan fingerprint density at radius 1 is 1.15 bits per heavy atom. The Morgan fingerprint density at radius 2 is 1.89 bits per heavy atom. The molecule has 0 atom stereocenters. The first-order chi connectivity index (χ1) is 13.0. The van der Waals surface area contributed by atoms with Gasteiger partial charge in [-0.3, -0.25) is 4.68 Å². The van der Waals surface area contributed by atoms with Crippen molar-refractivity contribution >= 4 is 5.96 Å². The van der Waals surface area contributed by atoms with Crippen molar-refractivity contribution in [3.8, 4) is 0 Å². The number of nitrogens with one attached hydrogen (secondary N) is 2. The second-order valence-corrected chi connectivity index (χ2v) is 7.13. The lowest BCUT2D eigenvalue weighted by atomic mass is 10.1. The van der Waals surface area contributed by atoms with Crippen LogP contribution >= 0.6 is 0 Å². The van der Waals surface area contributed by atoms with E-state index in [1.807, 2.05) is 6.92 Å². The molecule has 0 spiro atoms. The van der Waals surface area contributed by atoms with E-state index in [1.165, 1.54) is 16.8 Å². The molecule has 148 valence electrons. The lowest BCUT2D eigenvalue weighted by molar-refractivity contribution is 0.401. The van der Waals surface area contributed by atoms with Crippen LogP contribution in [0.3, 0.4) is 0 Å². The van der Waals surface area contributed by atoms with Gasteiger partial charge in [-0.25, -0.2) is 4.99 Å². The first-order valence-electron chi connectivity index (χ1n) is 9.74. The SMILES string of the molecule is CCNC(=NCc1ccccc1CN(C)C)NCCCn1nc(C)cc1C. The molecule has 0 aliphatic heterocycles. The molecule has 0 aliphatic carbocycles. The van der Waals surface area contributed by atoms with Crippen LogP contribution in [-0.4, -0.2) is 47.8 Å². The van der Waals surface area contributed by atoms with Crippen LogP contribution in [0.2, 0.25) is 0 Å². The lowest BCUT2D eigenvalue weighted by Crippen LogP contribution is -2.38. The molecule has 0 amide bonds. The largest absolute Gasteiger partial charge is 0.357 e. The summed E-state index contributed by atoms with van der Waals surface area (Å²) in [5.41, 5.74) is 4.88. The maximum Gasteiger partial charge on any atom is 0.191 e. The second kappa shape index (κ2) is 10.7. The van der Waals surface area contributed by atoms with Gasteiger partial charge in [-0.1, -0.05) is 24.3 Å². The smallest absolute Gasteiger partial charge is 0.191 e. The molecule has 6 nitrogen and oxygen atoms in total. The summed E-state index contributed by atoms with van der Waals surface area (Å²) in [7, 11) is 4.18. The van der Waals surface area contributed by atoms with Gasteiger partial charge < -0.3 is 15.5 Å². The molecule has 1 aromatic carbocycles. The highest BCUT2D eigenvalue weighted by atomic mass is 15.3. The third-order valence-electron chi connectivity index (χ3n) is 4.30. The zero-order chi connectivity index (χ0) is 19.6. The summed E-state index contributed by atoms with van der Waals surface area (Å²) in [6.45, 7) is 10.5. The topological polar surface area (TPSA) is 57.5 Å². The fraction of sp³-hybridized carbons (Fsp3) is 0.524. The normalized spacial score (nSPS) is 11.9. The van der Waals surface area contributed by atoms with Gasteiger partial charge in [0.25, 0.3) is 0 Å². The van der Waals surface area contributed by atoms with Crippen LogP contribution in [0.15, 0.2) is 35.3 Å². The van der Waals surface area contributed by atoms with Crippen molar-refractivity contribution in [1.82, 2.24) is 25.3 Å². The summed E-state index contributed by atoms with van der Waals surface area (Å²) >= 11 is 0. The molecule has 0 bridgehead atoms. The number of aliphatic imine (C=N–C) groups is 1. The summed E-state index contributed by atoms with van der Waals surface area (Å²) in [4.78, 5) is 6.96. The summed E-state index contributed by atoms with van der Waals surface area (Å²) < 4.78 is 2.07. The first kappa shape index (κ1) is 21.0. The highest BCUT2D eigenvalue weighted by molar-refractivity contribution is 5.79. The van der Waals surface area contributed by atoms with Gasteiger partial charge in [0.15, 0.2) is 5.96 Å². The van der Waals surface area contributed by atoms with E-state index in [0.717, 1.165) is 44.3 Å². The highest BCUT2D eigenvalue weighted by Gasteiger charge is 2.04. The molecule has 6 heteroatoms. The molecule has 0 saturated carbocycles. The van der Waals surface area contributed by atoms with Gasteiger partial charge in [-0.05, 0) is 58.5 Å². The number of guanidine groups is 1. The van der Waals surface area contributed by atoms with E-state index in [9.17, 15) is 0 Å². The van der Waals surface area contributed by atoms with Gasteiger partial charge in [0.05, 0.1) is 12.2 Å². The minimum Gasteiger partial charge on any atom is -0.357 e. The van der Waals surface area contributed by atoms with E-state index < -0.39 is 0 Å². The monoisotopic (exact) mass is 370 g/mol. The van der Waals surface area contributed by atoms with Crippen LogP contribution in [0.1, 0.15) is 35.9 Å². The van der Waals surface area contributed by atoms with Crippen LogP contribution in [0.4, 0.5) is 0 Å². The molecule has 1 heterocycles. The summed E-state index contributed by atoms with van der Waals surface area (Å²) in [5.74, 6) is 0.866. The third-order valence-corrected chi connectivity index (χ3v) is 4.30. The molecular formula is C21H34N6. The zero-order valence-corrected chi connectivity index (χ0v) is 17.4. The minimum atomic E-state index is 0.677. The fourth-order valence-corrected chi connectivity index (χ4v) is 3.05. The van der Waals surface area contributed by atoms with Crippen molar-refractivity contribution in [2.24, 2.45) is 4.99 Å². The molecular weight excluding hydrogens is 336 g/mol. The first-order valence-corrected chi connectivity index (χ1v) is 9.74. The van der Waals surface area contributed by atoms with Crippen molar-refractivity contribution in [2.45, 2.75) is 46.8 Å². The average Bonchev–Trinajstić information content (AvgIpc) is 2.94. The number of rotatable bonds is 9. The van der Waals surface area contributed by atoms with Gasteiger partial charge >= 0.3 is 0 Å². The van der Waals surface area contributed by atoms with Crippen molar-refractivity contribution in [3.05, 3.63) is 52.8 Å². The Morgan fingerprint density at radius 3 is 2.52 bits per heavy atom. The van der Waals surface area contributed by atoms with Gasteiger partial charge in [-0.2, -0.15) is 5.10 Å². The fourth-order valence-electron chi connectivity index (χ4n) is 3.05. The number of nitrogens with zero attached hydrogens (tertiary/aromatic N) is 4. The van der Waals surface area contributed by atoms with Crippen LogP contribution in [0.5, 0.6) is 0 Å². The van der Waals surface area contributed by atoms with E-state index in [0.29, 0.717) is 6.54 Å². The summed E-state index contributed by atoms with van der Waals surface area (Å²) in [6.07, 6.45) is 1.00. The van der Waals surface area contributed by atoms with E-state index in [-0.39, 0.29) is 0 Å². The number of aromatic nitrogens is 2. The average molecular weight is 371 g/mol. The Bertz CT molecular complexity index is 732. The van der Waals surface area contributed by atoms with Crippen LogP contribution in [0.25, 0.3) is 0 Å². The van der Waals surface area contributed by atoms with Crippen molar-refractivity contribution in [2.75, 3.05) is 27.2 Å².